The highest BCUT2D eigenvalue weighted by Crippen LogP contribution is 2.40. The second-order valence-electron chi connectivity index (χ2n) is 8.51. The molecule has 13 heteroatoms. The van der Waals surface area contributed by atoms with Crippen LogP contribution >= 0.6 is 11.6 Å². The minimum absolute atomic E-state index is 0.0293. The summed E-state index contributed by atoms with van der Waals surface area (Å²) in [4.78, 5) is 39.7. The van der Waals surface area contributed by atoms with E-state index in [0.29, 0.717) is 16.0 Å². The van der Waals surface area contributed by atoms with Crippen LogP contribution in [-0.4, -0.2) is 36.1 Å². The van der Waals surface area contributed by atoms with Gasteiger partial charge in [0.25, 0.3) is 11.5 Å². The van der Waals surface area contributed by atoms with Gasteiger partial charge in [0.2, 0.25) is 5.91 Å². The van der Waals surface area contributed by atoms with Crippen molar-refractivity contribution < 1.29 is 36.3 Å². The van der Waals surface area contributed by atoms with Crippen LogP contribution in [0.4, 0.5) is 27.6 Å². The van der Waals surface area contributed by atoms with E-state index in [2.05, 4.69) is 5.32 Å². The second kappa shape index (κ2) is 10.1. The number of aryl methyl sites for hydroxylation is 1. The van der Waals surface area contributed by atoms with E-state index in [4.69, 9.17) is 16.3 Å². The molecule has 2 amide bonds. The van der Waals surface area contributed by atoms with Crippen LogP contribution in [0.5, 0.6) is 5.75 Å². The van der Waals surface area contributed by atoms with E-state index in [-0.39, 0.29) is 11.3 Å². The lowest BCUT2D eigenvalue weighted by atomic mass is 9.92. The van der Waals surface area contributed by atoms with Crippen molar-refractivity contribution in [3.05, 3.63) is 92.4 Å². The number of rotatable bonds is 5. The lowest BCUT2D eigenvalue weighted by Gasteiger charge is -2.21. The molecule has 1 aliphatic heterocycles. The average Bonchev–Trinajstić information content (AvgIpc) is 3.15. The van der Waals surface area contributed by atoms with Crippen molar-refractivity contribution in [1.82, 2.24) is 9.88 Å². The minimum Gasteiger partial charge on any atom is -0.497 e. The van der Waals surface area contributed by atoms with E-state index < -0.39 is 70.5 Å². The molecule has 38 heavy (non-hydrogen) atoms. The summed E-state index contributed by atoms with van der Waals surface area (Å²) in [6, 6.07) is 6.01. The molecule has 2 aromatic carbocycles. The standard InChI is InChI=1S/C25H19ClF5N3O4/c1-33-8-7-16(25(29,30)31)21(24(33)37)34-11-15(19-17(27)9-14(38-2)10-18(19)28)20(23(34)36)32-22(35)12-3-5-13(26)6-4-12/h3-10,15,20H,11H2,1-2H3,(H,32,35)/t15-,20-/m0/s1. The van der Waals surface area contributed by atoms with E-state index in [1.165, 1.54) is 38.4 Å². The van der Waals surface area contributed by atoms with Crippen LogP contribution in [0.3, 0.4) is 0 Å². The Balaban J connectivity index is 1.85. The largest absolute Gasteiger partial charge is 0.497 e. The molecule has 4 rings (SSSR count). The number of nitrogens with zero attached hydrogens (tertiary/aromatic N) is 2. The number of amides is 2. The third-order valence-corrected chi connectivity index (χ3v) is 6.44. The Labute approximate surface area is 217 Å². The zero-order valence-corrected chi connectivity index (χ0v) is 20.5. The Morgan fingerprint density at radius 3 is 2.24 bits per heavy atom. The first-order chi connectivity index (χ1) is 17.8. The highest BCUT2D eigenvalue weighted by molar-refractivity contribution is 6.30. The number of methoxy groups -OCH3 is 1. The highest BCUT2D eigenvalue weighted by atomic mass is 35.5. The summed E-state index contributed by atoms with van der Waals surface area (Å²) in [6.45, 7) is -0.729. The van der Waals surface area contributed by atoms with Gasteiger partial charge in [-0.05, 0) is 30.3 Å². The van der Waals surface area contributed by atoms with Crippen LogP contribution < -0.4 is 20.5 Å². The predicted molar refractivity (Wildman–Crippen MR) is 127 cm³/mol. The molecule has 1 N–H and O–H groups in total. The van der Waals surface area contributed by atoms with Crippen molar-refractivity contribution in [2.24, 2.45) is 7.05 Å². The monoisotopic (exact) mass is 555 g/mol. The van der Waals surface area contributed by atoms with Crippen LogP contribution in [0.25, 0.3) is 0 Å². The van der Waals surface area contributed by atoms with Gasteiger partial charge in [0, 0.05) is 54.0 Å². The molecule has 1 aromatic heterocycles. The van der Waals surface area contributed by atoms with Crippen molar-refractivity contribution in [1.29, 1.82) is 0 Å². The van der Waals surface area contributed by atoms with Gasteiger partial charge in [-0.15, -0.1) is 0 Å². The number of aromatic nitrogens is 1. The van der Waals surface area contributed by atoms with Crippen molar-refractivity contribution in [3.63, 3.8) is 0 Å². The predicted octanol–water partition coefficient (Wildman–Crippen LogP) is 4.27. The maximum Gasteiger partial charge on any atom is 0.418 e. The molecular formula is C25H19ClF5N3O4. The number of alkyl halides is 3. The molecule has 0 radical (unpaired) electrons. The first kappa shape index (κ1) is 27.1. The summed E-state index contributed by atoms with van der Waals surface area (Å²) < 4.78 is 77.3. The maximum absolute atomic E-state index is 15.1. The Hall–Kier alpha value is -3.93. The molecule has 0 bridgehead atoms. The Bertz CT molecular complexity index is 1450. The average molecular weight is 556 g/mol. The highest BCUT2D eigenvalue weighted by Gasteiger charge is 2.48. The van der Waals surface area contributed by atoms with Gasteiger partial charge < -0.3 is 19.5 Å². The van der Waals surface area contributed by atoms with Crippen molar-refractivity contribution >= 4 is 29.1 Å². The molecular weight excluding hydrogens is 537 g/mol. The van der Waals surface area contributed by atoms with Crippen molar-refractivity contribution in [2.75, 3.05) is 18.6 Å². The molecule has 0 unspecified atom stereocenters. The van der Waals surface area contributed by atoms with Crippen molar-refractivity contribution in [3.8, 4) is 5.75 Å². The van der Waals surface area contributed by atoms with Gasteiger partial charge in [0.15, 0.2) is 0 Å². The Morgan fingerprint density at radius 1 is 1.08 bits per heavy atom. The number of anilines is 1. The molecule has 7 nitrogen and oxygen atoms in total. The van der Waals surface area contributed by atoms with E-state index >= 15 is 8.78 Å². The number of nitrogens with one attached hydrogen (secondary N) is 1. The quantitative estimate of drug-likeness (QED) is 0.477. The van der Waals surface area contributed by atoms with Crippen LogP contribution in [0.15, 0.2) is 53.5 Å². The number of hydrogen-bond acceptors (Lipinski definition) is 4. The molecule has 0 saturated carbocycles. The van der Waals surface area contributed by atoms with Gasteiger partial charge in [0.05, 0.1) is 12.7 Å². The number of halogens is 6. The summed E-state index contributed by atoms with van der Waals surface area (Å²) >= 11 is 5.83. The first-order valence-corrected chi connectivity index (χ1v) is 11.4. The molecule has 1 fully saturated rings. The smallest absolute Gasteiger partial charge is 0.418 e. The fraction of sp³-hybridized carbons (Fsp3) is 0.240. The van der Waals surface area contributed by atoms with Gasteiger partial charge in [-0.1, -0.05) is 11.6 Å². The number of carbonyl (C=O) groups excluding carboxylic acids is 2. The summed E-state index contributed by atoms with van der Waals surface area (Å²) in [5.74, 6) is -5.98. The fourth-order valence-corrected chi connectivity index (χ4v) is 4.44. The molecule has 1 aliphatic rings. The first-order valence-electron chi connectivity index (χ1n) is 11.0. The van der Waals surface area contributed by atoms with Gasteiger partial charge in [-0.2, -0.15) is 13.2 Å². The molecule has 1 saturated heterocycles. The topological polar surface area (TPSA) is 80.6 Å². The van der Waals surface area contributed by atoms with Crippen LogP contribution in [0, 0.1) is 11.6 Å². The second-order valence-corrected chi connectivity index (χ2v) is 8.95. The summed E-state index contributed by atoms with van der Waals surface area (Å²) in [6.07, 6.45) is -4.14. The number of carbonyl (C=O) groups is 2. The van der Waals surface area contributed by atoms with E-state index in [1.54, 1.807) is 0 Å². The normalized spacial score (nSPS) is 17.6. The van der Waals surface area contributed by atoms with Crippen LogP contribution in [-0.2, 0) is 18.0 Å². The maximum atomic E-state index is 15.1. The summed E-state index contributed by atoms with van der Waals surface area (Å²) in [5.41, 5.74) is -4.22. The molecule has 200 valence electrons. The number of benzene rings is 2. The third kappa shape index (κ3) is 4.95. The Morgan fingerprint density at radius 2 is 1.68 bits per heavy atom. The van der Waals surface area contributed by atoms with Crippen molar-refractivity contribution in [2.45, 2.75) is 18.1 Å². The Kier molecular flexibility index (Phi) is 7.20. The SMILES string of the molecule is COc1cc(F)c([C@@H]2CN(c3c(C(F)(F)F)ccn(C)c3=O)C(=O)[C@H]2NC(=O)c2ccc(Cl)cc2)c(F)c1. The van der Waals surface area contributed by atoms with E-state index in [0.717, 1.165) is 22.9 Å². The minimum atomic E-state index is -5.03. The van der Waals surface area contributed by atoms with Gasteiger partial charge in [0.1, 0.15) is 29.1 Å². The van der Waals surface area contributed by atoms with Gasteiger partial charge in [-0.25, -0.2) is 8.78 Å². The lowest BCUT2D eigenvalue weighted by Crippen LogP contribution is -2.45. The number of ether oxygens (including phenoxy) is 1. The number of pyridine rings is 1. The van der Waals surface area contributed by atoms with E-state index in [1.807, 2.05) is 0 Å². The molecule has 3 aromatic rings. The zero-order valence-electron chi connectivity index (χ0n) is 19.8. The van der Waals surface area contributed by atoms with Gasteiger partial charge >= 0.3 is 6.18 Å². The number of hydrogen-bond donors (Lipinski definition) is 1. The lowest BCUT2D eigenvalue weighted by molar-refractivity contribution is -0.137. The molecule has 0 spiro atoms. The van der Waals surface area contributed by atoms with Crippen LogP contribution in [0.2, 0.25) is 5.02 Å². The summed E-state index contributed by atoms with van der Waals surface area (Å²) in [5, 5.41) is 2.67. The molecule has 2 heterocycles. The van der Waals surface area contributed by atoms with Crippen LogP contribution in [0.1, 0.15) is 27.4 Å². The molecule has 2 atom stereocenters. The zero-order chi connectivity index (χ0) is 27.9. The third-order valence-electron chi connectivity index (χ3n) is 6.18. The molecule has 0 aliphatic carbocycles. The van der Waals surface area contributed by atoms with E-state index in [9.17, 15) is 27.6 Å². The fourth-order valence-electron chi connectivity index (χ4n) is 4.32. The van der Waals surface area contributed by atoms with Gasteiger partial charge in [-0.3, -0.25) is 14.4 Å². The summed E-state index contributed by atoms with van der Waals surface area (Å²) in [7, 11) is 2.36.